The number of morpholine rings is 1. The molecular weight excluding hydrogens is 324 g/mol. The average Bonchev–Trinajstić information content (AvgIpc) is 3.11. The fourth-order valence-electron chi connectivity index (χ4n) is 2.80. The van der Waals surface area contributed by atoms with Gasteiger partial charge >= 0.3 is 5.97 Å². The van der Waals surface area contributed by atoms with Crippen molar-refractivity contribution >= 4 is 11.9 Å². The first kappa shape index (κ1) is 17.2. The number of amides is 1. The van der Waals surface area contributed by atoms with Gasteiger partial charge in [0.15, 0.2) is 17.7 Å². The van der Waals surface area contributed by atoms with Crippen LogP contribution in [0.4, 0.5) is 0 Å². The summed E-state index contributed by atoms with van der Waals surface area (Å²) in [5, 5.41) is 9.17. The molecule has 1 aromatic carbocycles. The molecule has 2 aromatic rings. The molecule has 132 valence electrons. The van der Waals surface area contributed by atoms with E-state index in [1.807, 2.05) is 30.3 Å². The number of carboxylic acids is 1. The molecule has 3 rings (SSSR count). The van der Waals surface area contributed by atoms with Crippen LogP contribution in [0, 0.1) is 0 Å². The zero-order valence-electron chi connectivity index (χ0n) is 13.8. The van der Waals surface area contributed by atoms with Crippen LogP contribution in [0.2, 0.25) is 0 Å². The van der Waals surface area contributed by atoms with Gasteiger partial charge in [0.1, 0.15) is 0 Å². The number of rotatable bonds is 6. The fraction of sp³-hybridized carbons (Fsp3) is 0.389. The minimum Gasteiger partial charge on any atom is -0.480 e. The summed E-state index contributed by atoms with van der Waals surface area (Å²) < 4.78 is 10.8. The molecule has 1 aromatic heterocycles. The molecule has 2 heterocycles. The first-order valence-electron chi connectivity index (χ1n) is 8.25. The largest absolute Gasteiger partial charge is 0.480 e. The molecule has 25 heavy (non-hydrogen) atoms. The SMILES string of the molecule is O=C(O)[C@H]1COCCN1C(=O)CCCc1ncc(-c2ccccc2)o1. The summed E-state index contributed by atoms with van der Waals surface area (Å²) in [5.74, 6) is 0.0586. The van der Waals surface area contributed by atoms with Gasteiger partial charge in [-0.2, -0.15) is 0 Å². The lowest BCUT2D eigenvalue weighted by Gasteiger charge is -2.32. The van der Waals surface area contributed by atoms with Crippen molar-refractivity contribution in [1.82, 2.24) is 9.88 Å². The number of aryl methyl sites for hydroxylation is 1. The minimum absolute atomic E-state index is 0.0429. The number of hydrogen-bond donors (Lipinski definition) is 1. The van der Waals surface area contributed by atoms with Crippen molar-refractivity contribution in [3.8, 4) is 11.3 Å². The van der Waals surface area contributed by atoms with Crippen molar-refractivity contribution in [3.63, 3.8) is 0 Å². The molecule has 1 amide bonds. The highest BCUT2D eigenvalue weighted by molar-refractivity contribution is 5.84. The van der Waals surface area contributed by atoms with Crippen molar-refractivity contribution in [2.45, 2.75) is 25.3 Å². The van der Waals surface area contributed by atoms with Crippen molar-refractivity contribution in [1.29, 1.82) is 0 Å². The normalized spacial score (nSPS) is 17.4. The first-order valence-corrected chi connectivity index (χ1v) is 8.25. The third kappa shape index (κ3) is 4.24. The van der Waals surface area contributed by atoms with Gasteiger partial charge in [-0.1, -0.05) is 30.3 Å². The molecule has 0 unspecified atom stereocenters. The Hall–Kier alpha value is -2.67. The van der Waals surface area contributed by atoms with E-state index in [9.17, 15) is 14.7 Å². The van der Waals surface area contributed by atoms with E-state index < -0.39 is 12.0 Å². The highest BCUT2D eigenvalue weighted by Gasteiger charge is 2.32. The summed E-state index contributed by atoms with van der Waals surface area (Å²) in [6.07, 6.45) is 3.01. The quantitative estimate of drug-likeness (QED) is 0.861. The number of carbonyl (C=O) groups excluding carboxylic acids is 1. The second kappa shape index (κ2) is 7.94. The third-order valence-electron chi connectivity index (χ3n) is 4.13. The van der Waals surface area contributed by atoms with E-state index in [4.69, 9.17) is 9.15 Å². The van der Waals surface area contributed by atoms with Gasteiger partial charge in [-0.15, -0.1) is 0 Å². The molecule has 0 aliphatic carbocycles. The van der Waals surface area contributed by atoms with E-state index in [2.05, 4.69) is 4.98 Å². The van der Waals surface area contributed by atoms with Crippen LogP contribution in [0.3, 0.4) is 0 Å². The topological polar surface area (TPSA) is 92.9 Å². The monoisotopic (exact) mass is 344 g/mol. The van der Waals surface area contributed by atoms with Crippen LogP contribution in [-0.4, -0.2) is 52.7 Å². The highest BCUT2D eigenvalue weighted by atomic mass is 16.5. The molecule has 7 heteroatoms. The van der Waals surface area contributed by atoms with E-state index in [0.29, 0.717) is 37.6 Å². The summed E-state index contributed by atoms with van der Waals surface area (Å²) in [4.78, 5) is 29.1. The molecule has 1 aliphatic heterocycles. The summed E-state index contributed by atoms with van der Waals surface area (Å²) in [5.41, 5.74) is 0.954. The Morgan fingerprint density at radius 2 is 2.08 bits per heavy atom. The Labute approximate surface area is 145 Å². The number of ether oxygens (including phenoxy) is 1. The number of carbonyl (C=O) groups is 2. The summed E-state index contributed by atoms with van der Waals surface area (Å²) in [6.45, 7) is 0.726. The number of nitrogens with zero attached hydrogens (tertiary/aromatic N) is 2. The third-order valence-corrected chi connectivity index (χ3v) is 4.13. The summed E-state index contributed by atoms with van der Waals surface area (Å²) in [7, 11) is 0. The zero-order valence-corrected chi connectivity index (χ0v) is 13.8. The molecule has 0 saturated carbocycles. The molecule has 0 spiro atoms. The van der Waals surface area contributed by atoms with Crippen LogP contribution in [0.1, 0.15) is 18.7 Å². The van der Waals surface area contributed by atoms with Crippen LogP contribution in [0.5, 0.6) is 0 Å². The van der Waals surface area contributed by atoms with Gasteiger partial charge < -0.3 is 19.2 Å². The van der Waals surface area contributed by atoms with Crippen LogP contribution in [0.15, 0.2) is 40.9 Å². The van der Waals surface area contributed by atoms with Gasteiger partial charge in [-0.25, -0.2) is 9.78 Å². The van der Waals surface area contributed by atoms with Gasteiger partial charge in [0.25, 0.3) is 0 Å². The number of aliphatic carboxylic acids is 1. The van der Waals surface area contributed by atoms with Crippen molar-refractivity contribution in [2.24, 2.45) is 0 Å². The molecule has 7 nitrogen and oxygen atoms in total. The second-order valence-corrected chi connectivity index (χ2v) is 5.85. The summed E-state index contributed by atoms with van der Waals surface area (Å²) in [6, 6.07) is 8.78. The number of benzene rings is 1. The van der Waals surface area contributed by atoms with Gasteiger partial charge in [0.05, 0.1) is 19.4 Å². The highest BCUT2D eigenvalue weighted by Crippen LogP contribution is 2.20. The molecule has 1 N–H and O–H groups in total. The Morgan fingerprint density at radius 1 is 1.28 bits per heavy atom. The Kier molecular flexibility index (Phi) is 5.45. The maximum Gasteiger partial charge on any atom is 0.328 e. The Morgan fingerprint density at radius 3 is 2.84 bits per heavy atom. The molecule has 1 fully saturated rings. The van der Waals surface area contributed by atoms with Gasteiger partial charge in [-0.05, 0) is 6.42 Å². The molecule has 0 radical (unpaired) electrons. The Balaban J connectivity index is 1.52. The predicted octanol–water partition coefficient (Wildman–Crippen LogP) is 1.98. The second-order valence-electron chi connectivity index (χ2n) is 5.85. The molecular formula is C18H20N2O5. The van der Waals surface area contributed by atoms with Crippen LogP contribution in [0.25, 0.3) is 11.3 Å². The van der Waals surface area contributed by atoms with Crippen molar-refractivity contribution in [2.75, 3.05) is 19.8 Å². The number of carboxylic acid groups (broad SMARTS) is 1. The molecule has 0 bridgehead atoms. The smallest absolute Gasteiger partial charge is 0.328 e. The predicted molar refractivity (Wildman–Crippen MR) is 88.8 cm³/mol. The number of aromatic nitrogens is 1. The van der Waals surface area contributed by atoms with Crippen molar-refractivity contribution < 1.29 is 23.8 Å². The van der Waals surface area contributed by atoms with Crippen LogP contribution < -0.4 is 0 Å². The van der Waals surface area contributed by atoms with Crippen molar-refractivity contribution in [3.05, 3.63) is 42.4 Å². The zero-order chi connectivity index (χ0) is 17.6. The van der Waals surface area contributed by atoms with E-state index in [-0.39, 0.29) is 18.9 Å². The maximum absolute atomic E-state index is 12.3. The van der Waals surface area contributed by atoms with E-state index in [1.54, 1.807) is 6.20 Å². The number of oxazole rings is 1. The standard InChI is InChI=1S/C18H20N2O5/c21-17(20-9-10-24-12-14(20)18(22)23)8-4-7-16-19-11-15(25-16)13-5-2-1-3-6-13/h1-3,5-6,11,14H,4,7-10,12H2,(H,22,23)/t14-/m1/s1. The summed E-state index contributed by atoms with van der Waals surface area (Å²) >= 11 is 0. The average molecular weight is 344 g/mol. The molecule has 1 aliphatic rings. The van der Waals surface area contributed by atoms with Gasteiger partial charge in [0.2, 0.25) is 5.91 Å². The Bertz CT molecular complexity index is 728. The lowest BCUT2D eigenvalue weighted by molar-refractivity contribution is -0.158. The molecule has 1 atom stereocenters. The van der Waals surface area contributed by atoms with E-state index in [0.717, 1.165) is 5.56 Å². The van der Waals surface area contributed by atoms with Gasteiger partial charge in [0, 0.05) is 24.9 Å². The molecule has 1 saturated heterocycles. The van der Waals surface area contributed by atoms with Crippen LogP contribution >= 0.6 is 0 Å². The fourth-order valence-corrected chi connectivity index (χ4v) is 2.80. The minimum atomic E-state index is -1.03. The van der Waals surface area contributed by atoms with Crippen LogP contribution in [-0.2, 0) is 20.7 Å². The lowest BCUT2D eigenvalue weighted by Crippen LogP contribution is -2.52. The lowest BCUT2D eigenvalue weighted by atomic mass is 10.1. The first-order chi connectivity index (χ1) is 12.1. The van der Waals surface area contributed by atoms with E-state index in [1.165, 1.54) is 4.90 Å². The van der Waals surface area contributed by atoms with Gasteiger partial charge in [-0.3, -0.25) is 4.79 Å². The number of hydrogen-bond acceptors (Lipinski definition) is 5. The maximum atomic E-state index is 12.3. The van der Waals surface area contributed by atoms with E-state index >= 15 is 0 Å².